The molecule has 0 bridgehead atoms. The molecule has 2 heterocycles. The van der Waals surface area contributed by atoms with Gasteiger partial charge in [0.15, 0.2) is 0 Å². The molecule has 6 nitrogen and oxygen atoms in total. The Kier molecular flexibility index (Phi) is 3.53. The Morgan fingerprint density at radius 1 is 1.65 bits per heavy atom. The van der Waals surface area contributed by atoms with Crippen molar-refractivity contribution in [3.05, 3.63) is 17.3 Å². The number of methoxy groups -OCH3 is 1. The number of ether oxygens (including phenoxy) is 2. The number of rotatable bonds is 4. The summed E-state index contributed by atoms with van der Waals surface area (Å²) >= 11 is 0. The molecule has 1 N–H and O–H groups in total. The Morgan fingerprint density at radius 2 is 2.47 bits per heavy atom. The Labute approximate surface area is 98.6 Å². The zero-order valence-corrected chi connectivity index (χ0v) is 9.55. The SMILES string of the molecule is COc1nnc(CC2CCCO2)cc1C(=O)O. The molecule has 92 valence electrons. The summed E-state index contributed by atoms with van der Waals surface area (Å²) in [5.41, 5.74) is 0.658. The van der Waals surface area contributed by atoms with Gasteiger partial charge in [-0.15, -0.1) is 5.10 Å². The number of aromatic carboxylic acids is 1. The van der Waals surface area contributed by atoms with E-state index in [1.165, 1.54) is 13.2 Å². The molecule has 1 fully saturated rings. The van der Waals surface area contributed by atoms with Crippen molar-refractivity contribution in [3.8, 4) is 5.88 Å². The van der Waals surface area contributed by atoms with E-state index in [9.17, 15) is 4.79 Å². The zero-order chi connectivity index (χ0) is 12.3. The lowest BCUT2D eigenvalue weighted by Gasteiger charge is -2.09. The normalized spacial score (nSPS) is 19.2. The van der Waals surface area contributed by atoms with Gasteiger partial charge in [0.25, 0.3) is 0 Å². The monoisotopic (exact) mass is 238 g/mol. The number of nitrogens with zero attached hydrogens (tertiary/aromatic N) is 2. The van der Waals surface area contributed by atoms with Crippen LogP contribution in [0.2, 0.25) is 0 Å². The van der Waals surface area contributed by atoms with E-state index in [0.29, 0.717) is 12.1 Å². The first kappa shape index (κ1) is 11.8. The maximum absolute atomic E-state index is 11.0. The van der Waals surface area contributed by atoms with E-state index < -0.39 is 5.97 Å². The standard InChI is InChI=1S/C11H14N2O4/c1-16-10-9(11(14)15)6-7(12-13-10)5-8-3-2-4-17-8/h6,8H,2-5H2,1H3,(H,14,15). The maximum atomic E-state index is 11.0. The van der Waals surface area contributed by atoms with Gasteiger partial charge in [0.2, 0.25) is 5.88 Å². The molecule has 1 atom stereocenters. The molecule has 1 aromatic rings. The Morgan fingerprint density at radius 3 is 3.06 bits per heavy atom. The molecule has 1 saturated heterocycles. The van der Waals surface area contributed by atoms with Crippen molar-refractivity contribution in [2.75, 3.05) is 13.7 Å². The molecule has 1 unspecified atom stereocenters. The highest BCUT2D eigenvalue weighted by Gasteiger charge is 2.19. The van der Waals surface area contributed by atoms with Crippen molar-refractivity contribution in [3.63, 3.8) is 0 Å². The van der Waals surface area contributed by atoms with Crippen LogP contribution in [0.4, 0.5) is 0 Å². The van der Waals surface area contributed by atoms with Gasteiger partial charge >= 0.3 is 5.97 Å². The zero-order valence-electron chi connectivity index (χ0n) is 9.55. The van der Waals surface area contributed by atoms with Crippen LogP contribution >= 0.6 is 0 Å². The van der Waals surface area contributed by atoms with Gasteiger partial charge in [0, 0.05) is 13.0 Å². The lowest BCUT2D eigenvalue weighted by molar-refractivity contribution is 0.0691. The second-order valence-electron chi connectivity index (χ2n) is 3.90. The molecule has 17 heavy (non-hydrogen) atoms. The van der Waals surface area contributed by atoms with Crippen LogP contribution < -0.4 is 4.74 Å². The van der Waals surface area contributed by atoms with E-state index in [2.05, 4.69) is 10.2 Å². The van der Waals surface area contributed by atoms with Crippen LogP contribution in [0, 0.1) is 0 Å². The molecule has 2 rings (SSSR count). The molecule has 0 spiro atoms. The van der Waals surface area contributed by atoms with Gasteiger partial charge in [-0.2, -0.15) is 5.10 Å². The predicted octanol–water partition coefficient (Wildman–Crippen LogP) is 0.905. The number of carboxylic acids is 1. The summed E-state index contributed by atoms with van der Waals surface area (Å²) < 4.78 is 10.3. The third-order valence-corrected chi connectivity index (χ3v) is 2.70. The van der Waals surface area contributed by atoms with Gasteiger partial charge in [-0.05, 0) is 18.9 Å². The summed E-state index contributed by atoms with van der Waals surface area (Å²) in [6, 6.07) is 1.50. The smallest absolute Gasteiger partial charge is 0.341 e. The Hall–Kier alpha value is -1.69. The minimum atomic E-state index is -1.06. The minimum Gasteiger partial charge on any atom is -0.479 e. The largest absolute Gasteiger partial charge is 0.479 e. The molecule has 0 aliphatic carbocycles. The van der Waals surface area contributed by atoms with E-state index in [-0.39, 0.29) is 17.5 Å². The Balaban J connectivity index is 2.17. The average Bonchev–Trinajstić information content (AvgIpc) is 2.81. The molecule has 1 aliphatic rings. The van der Waals surface area contributed by atoms with Crippen LogP contribution in [0.5, 0.6) is 5.88 Å². The molecule has 6 heteroatoms. The molecule has 0 amide bonds. The minimum absolute atomic E-state index is 0.0357. The number of carbonyl (C=O) groups is 1. The quantitative estimate of drug-likeness (QED) is 0.839. The summed E-state index contributed by atoms with van der Waals surface area (Å²) in [5.74, 6) is -1.03. The Bertz CT molecular complexity index is 416. The number of hydrogen-bond acceptors (Lipinski definition) is 5. The molecule has 1 aromatic heterocycles. The van der Waals surface area contributed by atoms with Gasteiger partial charge in [0.1, 0.15) is 5.56 Å². The van der Waals surface area contributed by atoms with Crippen LogP contribution in [0.1, 0.15) is 28.9 Å². The van der Waals surface area contributed by atoms with Crippen LogP contribution in [0.25, 0.3) is 0 Å². The lowest BCUT2D eigenvalue weighted by Crippen LogP contribution is -2.13. The van der Waals surface area contributed by atoms with Crippen LogP contribution in [-0.4, -0.2) is 41.1 Å². The third kappa shape index (κ3) is 2.71. The summed E-state index contributed by atoms with van der Waals surface area (Å²) in [7, 11) is 1.37. The van der Waals surface area contributed by atoms with E-state index >= 15 is 0 Å². The first-order chi connectivity index (χ1) is 8.20. The summed E-state index contributed by atoms with van der Waals surface area (Å²) in [5, 5.41) is 16.7. The number of carboxylic acid groups (broad SMARTS) is 1. The van der Waals surface area contributed by atoms with Crippen molar-refractivity contribution in [1.82, 2.24) is 10.2 Å². The van der Waals surface area contributed by atoms with Crippen molar-refractivity contribution in [1.29, 1.82) is 0 Å². The first-order valence-corrected chi connectivity index (χ1v) is 5.46. The fraction of sp³-hybridized carbons (Fsp3) is 0.545. The number of aromatic nitrogens is 2. The predicted molar refractivity (Wildman–Crippen MR) is 58.2 cm³/mol. The van der Waals surface area contributed by atoms with Gasteiger partial charge in [-0.3, -0.25) is 0 Å². The second kappa shape index (κ2) is 5.09. The third-order valence-electron chi connectivity index (χ3n) is 2.70. The van der Waals surface area contributed by atoms with Gasteiger partial charge in [0.05, 0.1) is 18.9 Å². The van der Waals surface area contributed by atoms with E-state index in [4.69, 9.17) is 14.6 Å². The van der Waals surface area contributed by atoms with Crippen molar-refractivity contribution < 1.29 is 19.4 Å². The highest BCUT2D eigenvalue weighted by Crippen LogP contribution is 2.19. The second-order valence-corrected chi connectivity index (χ2v) is 3.90. The van der Waals surface area contributed by atoms with Gasteiger partial charge in [-0.25, -0.2) is 4.79 Å². The molecular weight excluding hydrogens is 224 g/mol. The molecular formula is C11H14N2O4. The fourth-order valence-electron chi connectivity index (χ4n) is 1.86. The van der Waals surface area contributed by atoms with Gasteiger partial charge < -0.3 is 14.6 Å². The summed E-state index contributed by atoms with van der Waals surface area (Å²) in [6.45, 7) is 0.764. The van der Waals surface area contributed by atoms with E-state index in [0.717, 1.165) is 19.4 Å². The van der Waals surface area contributed by atoms with Crippen LogP contribution in [0.3, 0.4) is 0 Å². The van der Waals surface area contributed by atoms with Gasteiger partial charge in [-0.1, -0.05) is 0 Å². The topological polar surface area (TPSA) is 81.5 Å². The van der Waals surface area contributed by atoms with Crippen LogP contribution in [-0.2, 0) is 11.2 Å². The molecule has 0 radical (unpaired) electrons. The lowest BCUT2D eigenvalue weighted by atomic mass is 10.1. The van der Waals surface area contributed by atoms with Crippen molar-refractivity contribution in [2.24, 2.45) is 0 Å². The summed E-state index contributed by atoms with van der Waals surface area (Å²) in [6.07, 6.45) is 2.74. The first-order valence-electron chi connectivity index (χ1n) is 5.46. The van der Waals surface area contributed by atoms with Crippen molar-refractivity contribution >= 4 is 5.97 Å². The molecule has 0 aromatic carbocycles. The molecule has 1 aliphatic heterocycles. The highest BCUT2D eigenvalue weighted by molar-refractivity contribution is 5.90. The van der Waals surface area contributed by atoms with Crippen LogP contribution in [0.15, 0.2) is 6.07 Å². The maximum Gasteiger partial charge on any atom is 0.341 e. The van der Waals surface area contributed by atoms with E-state index in [1.54, 1.807) is 0 Å². The van der Waals surface area contributed by atoms with E-state index in [1.807, 2.05) is 0 Å². The fourth-order valence-corrected chi connectivity index (χ4v) is 1.86. The summed E-state index contributed by atoms with van der Waals surface area (Å²) in [4.78, 5) is 11.0. The number of hydrogen-bond donors (Lipinski definition) is 1. The average molecular weight is 238 g/mol. The molecule has 0 saturated carbocycles. The highest BCUT2D eigenvalue weighted by atomic mass is 16.5. The van der Waals surface area contributed by atoms with Crippen molar-refractivity contribution in [2.45, 2.75) is 25.4 Å².